The number of nitrogens with zero attached hydrogens (tertiary/aromatic N) is 2. The molecule has 4 nitrogen and oxygen atoms in total. The summed E-state index contributed by atoms with van der Waals surface area (Å²) in [7, 11) is 0. The van der Waals surface area contributed by atoms with Gasteiger partial charge in [0.25, 0.3) is 0 Å². The van der Waals surface area contributed by atoms with Crippen LogP contribution in [0.5, 0.6) is 0 Å². The first kappa shape index (κ1) is 25.6. The Labute approximate surface area is 224 Å². The minimum atomic E-state index is -0.563. The fourth-order valence-electron chi connectivity index (χ4n) is 11.2. The first-order valence-electron chi connectivity index (χ1n) is 14.9. The van der Waals surface area contributed by atoms with Crippen molar-refractivity contribution in [1.29, 1.82) is 0 Å². The zero-order valence-electron chi connectivity index (χ0n) is 24.5. The summed E-state index contributed by atoms with van der Waals surface area (Å²) in [5, 5.41) is 10.6. The molecule has 5 aliphatic rings. The standard InChI is InChI=1S/C33H48N2O2/c1-20-34-19-21-17-30(6)24(29(4,5)26(21)35-20)11-12-32(8)25(30)10-9-22-23-18-28(2,3)13-15-33(23,27(36)37)16-14-31(22,32)7/h9,19,23-25H,10-18H2,1-8H3,(H,36,37)/t23-,24-,25+,30-,31+,32+,33-/m0/s1. The third kappa shape index (κ3) is 3.11. The molecule has 1 N–H and O–H groups in total. The molecule has 0 amide bonds. The van der Waals surface area contributed by atoms with Gasteiger partial charge in [-0.1, -0.05) is 60.1 Å². The smallest absolute Gasteiger partial charge is 0.310 e. The second kappa shape index (κ2) is 7.48. The van der Waals surface area contributed by atoms with E-state index in [-0.39, 0.29) is 33.0 Å². The molecular weight excluding hydrogens is 456 g/mol. The van der Waals surface area contributed by atoms with E-state index in [4.69, 9.17) is 4.98 Å². The Bertz CT molecular complexity index is 1200. The second-order valence-corrected chi connectivity index (χ2v) is 15.9. The lowest BCUT2D eigenvalue weighted by Gasteiger charge is -2.70. The molecule has 4 heteroatoms. The molecule has 1 aromatic heterocycles. The third-order valence-corrected chi connectivity index (χ3v) is 13.4. The third-order valence-electron chi connectivity index (χ3n) is 13.4. The summed E-state index contributed by atoms with van der Waals surface area (Å²) in [5.41, 5.74) is 4.23. The Balaban J connectivity index is 1.47. The molecular formula is C33H48N2O2. The predicted octanol–water partition coefficient (Wildman–Crippen LogP) is 7.69. The van der Waals surface area contributed by atoms with Gasteiger partial charge in [0.05, 0.1) is 11.1 Å². The fourth-order valence-corrected chi connectivity index (χ4v) is 11.2. The Morgan fingerprint density at radius 3 is 2.38 bits per heavy atom. The highest BCUT2D eigenvalue weighted by Gasteiger charge is 2.69. The summed E-state index contributed by atoms with van der Waals surface area (Å²) < 4.78 is 0. The Hall–Kier alpha value is -1.71. The van der Waals surface area contributed by atoms with Gasteiger partial charge in [-0.3, -0.25) is 4.79 Å². The van der Waals surface area contributed by atoms with Crippen LogP contribution in [-0.2, 0) is 16.6 Å². The molecule has 0 aromatic carbocycles. The van der Waals surface area contributed by atoms with Crippen molar-refractivity contribution in [2.24, 2.45) is 44.8 Å². The number of carboxylic acid groups (broad SMARTS) is 1. The van der Waals surface area contributed by atoms with Crippen molar-refractivity contribution in [1.82, 2.24) is 9.97 Å². The number of rotatable bonds is 1. The highest BCUT2D eigenvalue weighted by atomic mass is 16.4. The molecule has 3 fully saturated rings. The minimum absolute atomic E-state index is 0.0285. The Morgan fingerprint density at radius 1 is 0.973 bits per heavy atom. The molecule has 0 saturated heterocycles. The minimum Gasteiger partial charge on any atom is -0.481 e. The fraction of sp³-hybridized carbons (Fsp3) is 0.788. The molecule has 37 heavy (non-hydrogen) atoms. The first-order valence-corrected chi connectivity index (χ1v) is 14.9. The van der Waals surface area contributed by atoms with E-state index in [0.29, 0.717) is 11.8 Å². The lowest BCUT2D eigenvalue weighted by Crippen LogP contribution is -2.65. The summed E-state index contributed by atoms with van der Waals surface area (Å²) in [5.74, 6) is 1.69. The van der Waals surface area contributed by atoms with Gasteiger partial charge in [0.15, 0.2) is 0 Å². The van der Waals surface area contributed by atoms with E-state index in [0.717, 1.165) is 50.8 Å². The number of carboxylic acids is 1. The highest BCUT2D eigenvalue weighted by Crippen LogP contribution is 2.75. The van der Waals surface area contributed by atoms with Crippen molar-refractivity contribution in [2.75, 3.05) is 0 Å². The number of allylic oxidation sites excluding steroid dienone is 2. The maximum atomic E-state index is 12.9. The predicted molar refractivity (Wildman–Crippen MR) is 147 cm³/mol. The van der Waals surface area contributed by atoms with Gasteiger partial charge in [-0.05, 0) is 110 Å². The van der Waals surface area contributed by atoms with Crippen LogP contribution in [-0.4, -0.2) is 21.0 Å². The van der Waals surface area contributed by atoms with Crippen LogP contribution in [0.1, 0.15) is 117 Å². The molecule has 202 valence electrons. The summed E-state index contributed by atoms with van der Waals surface area (Å²) in [6, 6.07) is 0. The Morgan fingerprint density at radius 2 is 1.68 bits per heavy atom. The quantitative estimate of drug-likeness (QED) is 0.398. The van der Waals surface area contributed by atoms with Gasteiger partial charge in [0, 0.05) is 11.6 Å². The molecule has 1 aromatic rings. The maximum absolute atomic E-state index is 12.9. The Kier molecular flexibility index (Phi) is 5.17. The normalized spacial score (nSPS) is 45.3. The van der Waals surface area contributed by atoms with Crippen molar-refractivity contribution in [3.63, 3.8) is 0 Å². The van der Waals surface area contributed by atoms with Crippen LogP contribution < -0.4 is 0 Å². The van der Waals surface area contributed by atoms with Crippen molar-refractivity contribution in [3.05, 3.63) is 34.9 Å². The van der Waals surface area contributed by atoms with E-state index in [9.17, 15) is 9.90 Å². The number of aromatic nitrogens is 2. The summed E-state index contributed by atoms with van der Waals surface area (Å²) in [4.78, 5) is 22.5. The summed E-state index contributed by atoms with van der Waals surface area (Å²) in [6.45, 7) is 19.3. The van der Waals surface area contributed by atoms with Crippen LogP contribution in [0.15, 0.2) is 17.8 Å². The van der Waals surface area contributed by atoms with E-state index in [1.807, 2.05) is 6.92 Å². The second-order valence-electron chi connectivity index (χ2n) is 15.9. The van der Waals surface area contributed by atoms with Gasteiger partial charge in [0.1, 0.15) is 5.82 Å². The van der Waals surface area contributed by atoms with Crippen LogP contribution in [0.2, 0.25) is 0 Å². The lowest BCUT2D eigenvalue weighted by atomic mass is 9.33. The van der Waals surface area contributed by atoms with E-state index in [2.05, 4.69) is 65.7 Å². The number of carbonyl (C=O) groups is 1. The zero-order valence-corrected chi connectivity index (χ0v) is 24.5. The molecule has 0 aliphatic heterocycles. The highest BCUT2D eigenvalue weighted by molar-refractivity contribution is 5.76. The van der Waals surface area contributed by atoms with Gasteiger partial charge in [-0.2, -0.15) is 0 Å². The topological polar surface area (TPSA) is 63.1 Å². The van der Waals surface area contributed by atoms with Crippen LogP contribution in [0.25, 0.3) is 0 Å². The van der Waals surface area contributed by atoms with Crippen molar-refractivity contribution in [2.45, 2.75) is 119 Å². The lowest BCUT2D eigenvalue weighted by molar-refractivity contribution is -0.177. The van der Waals surface area contributed by atoms with E-state index >= 15 is 0 Å². The van der Waals surface area contributed by atoms with Gasteiger partial charge >= 0.3 is 5.97 Å². The molecule has 0 unspecified atom stereocenters. The molecule has 5 aliphatic carbocycles. The molecule has 1 heterocycles. The first-order chi connectivity index (χ1) is 17.1. The van der Waals surface area contributed by atoms with Gasteiger partial charge < -0.3 is 5.11 Å². The molecule has 0 spiro atoms. The molecule has 0 bridgehead atoms. The molecule has 3 saturated carbocycles. The molecule has 6 rings (SSSR count). The maximum Gasteiger partial charge on any atom is 0.310 e. The van der Waals surface area contributed by atoms with Crippen molar-refractivity contribution >= 4 is 5.97 Å². The number of hydrogen-bond acceptors (Lipinski definition) is 3. The van der Waals surface area contributed by atoms with Crippen LogP contribution in [0.3, 0.4) is 0 Å². The number of fused-ring (bicyclic) bond motifs is 8. The van der Waals surface area contributed by atoms with Crippen molar-refractivity contribution in [3.8, 4) is 0 Å². The molecule has 0 radical (unpaired) electrons. The average molecular weight is 505 g/mol. The number of aryl methyl sites for hydroxylation is 1. The van der Waals surface area contributed by atoms with Crippen LogP contribution in [0.4, 0.5) is 0 Å². The number of aliphatic carboxylic acids is 1. The van der Waals surface area contributed by atoms with Gasteiger partial charge in [-0.15, -0.1) is 0 Å². The summed E-state index contributed by atoms with van der Waals surface area (Å²) in [6.07, 6.45) is 14.0. The van der Waals surface area contributed by atoms with E-state index in [1.165, 1.54) is 29.7 Å². The van der Waals surface area contributed by atoms with Crippen LogP contribution in [0, 0.1) is 51.8 Å². The van der Waals surface area contributed by atoms with Gasteiger partial charge in [0.2, 0.25) is 0 Å². The van der Waals surface area contributed by atoms with E-state index in [1.54, 1.807) is 0 Å². The summed E-state index contributed by atoms with van der Waals surface area (Å²) >= 11 is 0. The van der Waals surface area contributed by atoms with Crippen molar-refractivity contribution < 1.29 is 9.90 Å². The largest absolute Gasteiger partial charge is 0.481 e. The van der Waals surface area contributed by atoms with E-state index < -0.39 is 11.4 Å². The monoisotopic (exact) mass is 504 g/mol. The zero-order chi connectivity index (χ0) is 26.8. The average Bonchev–Trinajstić information content (AvgIpc) is 2.79. The van der Waals surface area contributed by atoms with Gasteiger partial charge in [-0.25, -0.2) is 9.97 Å². The number of hydrogen-bond donors (Lipinski definition) is 1. The SMILES string of the molecule is Cc1ncc2c(n1)C(C)(C)[C@@H]1CC[C@]3(C)[C@H](CC=C4[C@@H]5CC(C)(C)CC[C@]5(C(=O)O)CC[C@]43C)[C@@]1(C)C2. The molecule has 7 atom stereocenters. The van der Waals surface area contributed by atoms with Crippen LogP contribution >= 0.6 is 0 Å².